The number of hydrogen-bond acceptors (Lipinski definition) is 3. The summed E-state index contributed by atoms with van der Waals surface area (Å²) in [7, 11) is 0. The molecule has 1 atom stereocenters. The summed E-state index contributed by atoms with van der Waals surface area (Å²) in [5.74, 6) is -0.166. The van der Waals surface area contributed by atoms with E-state index < -0.39 is 0 Å². The first kappa shape index (κ1) is 18.6. The second kappa shape index (κ2) is 10.2. The molecule has 0 aliphatic heterocycles. The summed E-state index contributed by atoms with van der Waals surface area (Å²) >= 11 is 0. The van der Waals surface area contributed by atoms with Crippen molar-refractivity contribution in [2.45, 2.75) is 25.9 Å². The molecule has 2 aromatic rings. The Morgan fingerprint density at radius 2 is 1.75 bits per heavy atom. The van der Waals surface area contributed by atoms with E-state index in [-0.39, 0.29) is 18.5 Å². The van der Waals surface area contributed by atoms with Gasteiger partial charge < -0.3 is 10.4 Å². The van der Waals surface area contributed by atoms with Gasteiger partial charge in [0.25, 0.3) is 0 Å². The fourth-order valence-electron chi connectivity index (χ4n) is 2.94. The van der Waals surface area contributed by atoms with Gasteiger partial charge in [0.15, 0.2) is 0 Å². The van der Waals surface area contributed by atoms with Crippen molar-refractivity contribution < 1.29 is 9.50 Å². The lowest BCUT2D eigenvalue weighted by molar-refractivity contribution is 0.183. The first-order chi connectivity index (χ1) is 11.7. The van der Waals surface area contributed by atoms with Gasteiger partial charge in [-0.05, 0) is 24.6 Å². The molecule has 4 heteroatoms. The molecule has 2 aromatic carbocycles. The molecule has 0 amide bonds. The molecule has 0 heterocycles. The summed E-state index contributed by atoms with van der Waals surface area (Å²) in [6.07, 6.45) is 0.793. The van der Waals surface area contributed by atoms with Crippen LogP contribution in [-0.4, -0.2) is 36.2 Å². The largest absolute Gasteiger partial charge is 0.395 e. The highest BCUT2D eigenvalue weighted by Gasteiger charge is 2.16. The second-order valence-corrected chi connectivity index (χ2v) is 5.91. The zero-order valence-electron chi connectivity index (χ0n) is 14.3. The van der Waals surface area contributed by atoms with E-state index >= 15 is 0 Å². The molecule has 0 radical (unpaired) electrons. The van der Waals surface area contributed by atoms with Crippen molar-refractivity contribution in [1.29, 1.82) is 0 Å². The van der Waals surface area contributed by atoms with Crippen LogP contribution in [0.2, 0.25) is 0 Å². The van der Waals surface area contributed by atoms with E-state index in [1.807, 2.05) is 37.3 Å². The predicted octanol–water partition coefficient (Wildman–Crippen LogP) is 3.36. The topological polar surface area (TPSA) is 35.5 Å². The molecule has 3 nitrogen and oxygen atoms in total. The van der Waals surface area contributed by atoms with Crippen molar-refractivity contribution in [3.63, 3.8) is 0 Å². The maximum absolute atomic E-state index is 14.1. The van der Waals surface area contributed by atoms with E-state index in [0.29, 0.717) is 12.1 Å². The Balaban J connectivity index is 2.01. The van der Waals surface area contributed by atoms with E-state index in [0.717, 1.165) is 26.1 Å². The van der Waals surface area contributed by atoms with Crippen LogP contribution in [-0.2, 0) is 6.54 Å². The average Bonchev–Trinajstić information content (AvgIpc) is 2.60. The van der Waals surface area contributed by atoms with Gasteiger partial charge in [0, 0.05) is 31.2 Å². The minimum absolute atomic E-state index is 0.0202. The number of hydrogen-bond donors (Lipinski definition) is 2. The third-order valence-corrected chi connectivity index (χ3v) is 4.13. The van der Waals surface area contributed by atoms with Gasteiger partial charge in [-0.25, -0.2) is 4.39 Å². The minimum atomic E-state index is -0.166. The Hall–Kier alpha value is -1.75. The molecule has 1 unspecified atom stereocenters. The predicted molar refractivity (Wildman–Crippen MR) is 96.2 cm³/mol. The molecule has 0 bridgehead atoms. The van der Waals surface area contributed by atoms with Crippen LogP contribution >= 0.6 is 0 Å². The summed E-state index contributed by atoms with van der Waals surface area (Å²) in [5, 5.41) is 12.7. The highest BCUT2D eigenvalue weighted by atomic mass is 19.1. The molecule has 0 aliphatic rings. The molecule has 24 heavy (non-hydrogen) atoms. The Kier molecular flexibility index (Phi) is 7.89. The molecule has 0 aliphatic carbocycles. The maximum Gasteiger partial charge on any atom is 0.127 e. The number of benzene rings is 2. The Morgan fingerprint density at radius 3 is 2.42 bits per heavy atom. The summed E-state index contributed by atoms with van der Waals surface area (Å²) in [6, 6.07) is 17.1. The van der Waals surface area contributed by atoms with Crippen LogP contribution in [0.25, 0.3) is 0 Å². The van der Waals surface area contributed by atoms with Crippen molar-refractivity contribution >= 4 is 0 Å². The van der Waals surface area contributed by atoms with E-state index in [2.05, 4.69) is 22.3 Å². The average molecular weight is 330 g/mol. The molecular formula is C20H27FN2O. The van der Waals surface area contributed by atoms with Gasteiger partial charge in [-0.1, -0.05) is 55.5 Å². The molecule has 0 saturated carbocycles. The highest BCUT2D eigenvalue weighted by Crippen LogP contribution is 2.20. The highest BCUT2D eigenvalue weighted by molar-refractivity contribution is 5.21. The molecule has 130 valence electrons. The molecule has 0 aromatic heterocycles. The van der Waals surface area contributed by atoms with Crippen LogP contribution in [0.5, 0.6) is 0 Å². The van der Waals surface area contributed by atoms with Gasteiger partial charge in [0.1, 0.15) is 5.82 Å². The van der Waals surface area contributed by atoms with Crippen molar-refractivity contribution in [1.82, 2.24) is 10.2 Å². The maximum atomic E-state index is 14.1. The van der Waals surface area contributed by atoms with E-state index in [4.69, 9.17) is 0 Å². The molecule has 0 fully saturated rings. The third kappa shape index (κ3) is 5.71. The van der Waals surface area contributed by atoms with E-state index in [9.17, 15) is 9.50 Å². The first-order valence-corrected chi connectivity index (χ1v) is 8.59. The van der Waals surface area contributed by atoms with Gasteiger partial charge in [0.2, 0.25) is 0 Å². The van der Waals surface area contributed by atoms with Gasteiger partial charge in [-0.2, -0.15) is 0 Å². The minimum Gasteiger partial charge on any atom is -0.395 e. The number of aliphatic hydroxyl groups excluding tert-OH is 1. The molecule has 2 rings (SSSR count). The van der Waals surface area contributed by atoms with Crippen LogP contribution in [0.3, 0.4) is 0 Å². The van der Waals surface area contributed by atoms with Crippen molar-refractivity contribution in [2.75, 3.05) is 26.2 Å². The first-order valence-electron chi connectivity index (χ1n) is 8.59. The van der Waals surface area contributed by atoms with Gasteiger partial charge in [-0.3, -0.25) is 4.90 Å². The van der Waals surface area contributed by atoms with Gasteiger partial charge >= 0.3 is 0 Å². The lowest BCUT2D eigenvalue weighted by Gasteiger charge is -2.25. The van der Waals surface area contributed by atoms with Crippen molar-refractivity contribution in [3.8, 4) is 0 Å². The Bertz CT molecular complexity index is 591. The summed E-state index contributed by atoms with van der Waals surface area (Å²) in [4.78, 5) is 2.21. The van der Waals surface area contributed by atoms with Gasteiger partial charge in [0.05, 0.1) is 6.61 Å². The van der Waals surface area contributed by atoms with Crippen LogP contribution in [0.4, 0.5) is 4.39 Å². The van der Waals surface area contributed by atoms with Crippen LogP contribution < -0.4 is 5.32 Å². The molecule has 0 saturated heterocycles. The third-order valence-electron chi connectivity index (χ3n) is 4.13. The molecule has 0 spiro atoms. The second-order valence-electron chi connectivity index (χ2n) is 5.91. The smallest absolute Gasteiger partial charge is 0.127 e. The number of halogens is 1. The Labute approximate surface area is 144 Å². The summed E-state index contributed by atoms with van der Waals surface area (Å²) in [6.45, 7) is 5.14. The number of rotatable bonds is 10. The molecular weight excluding hydrogens is 303 g/mol. The Morgan fingerprint density at radius 1 is 1.04 bits per heavy atom. The fraction of sp³-hybridized carbons (Fsp3) is 0.400. The van der Waals surface area contributed by atoms with Crippen LogP contribution in [0.1, 0.15) is 30.5 Å². The van der Waals surface area contributed by atoms with Crippen LogP contribution in [0, 0.1) is 5.82 Å². The quantitative estimate of drug-likeness (QED) is 0.701. The lowest BCUT2D eigenvalue weighted by Crippen LogP contribution is -2.31. The van der Waals surface area contributed by atoms with E-state index in [1.54, 1.807) is 6.07 Å². The SMILES string of the molecule is CCNC(CCN(CCO)Cc1ccccc1)c1ccccc1F. The summed E-state index contributed by atoms with van der Waals surface area (Å²) < 4.78 is 14.1. The number of nitrogens with one attached hydrogen (secondary N) is 1. The van der Waals surface area contributed by atoms with Crippen molar-refractivity contribution in [2.24, 2.45) is 0 Å². The zero-order valence-corrected chi connectivity index (χ0v) is 14.3. The fourth-order valence-corrected chi connectivity index (χ4v) is 2.94. The summed E-state index contributed by atoms with van der Waals surface area (Å²) in [5.41, 5.74) is 1.93. The van der Waals surface area contributed by atoms with Crippen molar-refractivity contribution in [3.05, 3.63) is 71.5 Å². The number of aliphatic hydroxyl groups is 1. The lowest BCUT2D eigenvalue weighted by atomic mass is 10.0. The normalized spacial score (nSPS) is 12.5. The standard InChI is InChI=1S/C20H27FN2O/c1-2-22-20(18-10-6-7-11-19(18)21)12-13-23(14-15-24)16-17-8-4-3-5-9-17/h3-11,20,22,24H,2,12-16H2,1H3. The van der Waals surface area contributed by atoms with Gasteiger partial charge in [-0.15, -0.1) is 0 Å². The van der Waals surface area contributed by atoms with E-state index in [1.165, 1.54) is 11.6 Å². The monoisotopic (exact) mass is 330 g/mol. The molecule has 2 N–H and O–H groups in total. The van der Waals surface area contributed by atoms with Crippen LogP contribution in [0.15, 0.2) is 54.6 Å². The zero-order chi connectivity index (χ0) is 17.2. The number of nitrogens with zero attached hydrogens (tertiary/aromatic N) is 1.